The molecule has 0 bridgehead atoms. The highest BCUT2D eigenvalue weighted by Gasteiger charge is 2.23. The van der Waals surface area contributed by atoms with Crippen molar-refractivity contribution in [3.05, 3.63) is 24.3 Å². The SMILES string of the molecule is CCCCCCCCCCCC/C=C/CC/C=C/C(O)C(COP(=O)([O-])OCC[N+](C)(C)C)NC(=O)CCCCCCCCCCCCCCCCCCCCCCCCCCCCCCCCCCC. The van der Waals surface area contributed by atoms with Gasteiger partial charge in [-0.2, -0.15) is 0 Å². The number of unbranched alkanes of at least 4 members (excludes halogenated alkanes) is 43. The third-order valence-electron chi connectivity index (χ3n) is 14.4. The molecule has 8 nitrogen and oxygen atoms in total. The second-order valence-corrected chi connectivity index (χ2v) is 24.2. The lowest BCUT2D eigenvalue weighted by Gasteiger charge is -2.29. The number of carbonyl (C=O) groups excluding carboxylic acids is 1. The van der Waals surface area contributed by atoms with Gasteiger partial charge in [0.25, 0.3) is 7.82 Å². The minimum absolute atomic E-state index is 0.00377. The molecule has 0 aromatic carbocycles. The average molecular weight is 1020 g/mol. The summed E-state index contributed by atoms with van der Waals surface area (Å²) in [6.45, 7) is 4.67. The fraction of sp³-hybridized carbons (Fsp3) is 0.919. The van der Waals surface area contributed by atoms with E-state index in [1.54, 1.807) is 6.08 Å². The normalized spacial score (nSPS) is 14.0. The van der Waals surface area contributed by atoms with Crippen molar-refractivity contribution in [1.82, 2.24) is 5.32 Å². The first-order chi connectivity index (χ1) is 34.5. The number of rotatable bonds is 58. The lowest BCUT2D eigenvalue weighted by molar-refractivity contribution is -0.870. The van der Waals surface area contributed by atoms with Gasteiger partial charge in [-0.05, 0) is 32.1 Å². The van der Waals surface area contributed by atoms with Gasteiger partial charge in [-0.25, -0.2) is 0 Å². The largest absolute Gasteiger partial charge is 0.756 e. The van der Waals surface area contributed by atoms with Gasteiger partial charge in [0.2, 0.25) is 5.91 Å². The van der Waals surface area contributed by atoms with Gasteiger partial charge in [-0.3, -0.25) is 9.36 Å². The van der Waals surface area contributed by atoms with E-state index in [0.717, 1.165) is 38.5 Å². The van der Waals surface area contributed by atoms with E-state index < -0.39 is 20.0 Å². The van der Waals surface area contributed by atoms with Gasteiger partial charge in [-0.15, -0.1) is 0 Å². The van der Waals surface area contributed by atoms with Crippen LogP contribution in [0.1, 0.15) is 316 Å². The van der Waals surface area contributed by atoms with Crippen molar-refractivity contribution in [1.29, 1.82) is 0 Å². The molecular formula is C62H123N2O6P. The van der Waals surface area contributed by atoms with E-state index in [0.29, 0.717) is 17.4 Å². The maximum absolute atomic E-state index is 13.0. The molecule has 0 aromatic heterocycles. The van der Waals surface area contributed by atoms with Crippen LogP contribution in [-0.4, -0.2) is 68.5 Å². The smallest absolute Gasteiger partial charge is 0.268 e. The number of aliphatic hydroxyl groups is 1. The first kappa shape index (κ1) is 70.0. The highest BCUT2D eigenvalue weighted by Crippen LogP contribution is 2.38. The lowest BCUT2D eigenvalue weighted by atomic mass is 10.0. The summed E-state index contributed by atoms with van der Waals surface area (Å²) in [7, 11) is 1.26. The van der Waals surface area contributed by atoms with E-state index in [2.05, 4.69) is 31.3 Å². The number of carbonyl (C=O) groups is 1. The number of likely N-dealkylation sites (N-methyl/N-ethyl adjacent to an activating group) is 1. The zero-order valence-corrected chi connectivity index (χ0v) is 49.1. The summed E-state index contributed by atoms with van der Waals surface area (Å²) in [4.78, 5) is 25.5. The molecule has 0 saturated heterocycles. The van der Waals surface area contributed by atoms with Gasteiger partial charge < -0.3 is 28.8 Å². The summed E-state index contributed by atoms with van der Waals surface area (Å²) >= 11 is 0. The molecule has 422 valence electrons. The first-order valence-corrected chi connectivity index (χ1v) is 32.7. The molecule has 9 heteroatoms. The number of hydrogen-bond donors (Lipinski definition) is 2. The lowest BCUT2D eigenvalue weighted by Crippen LogP contribution is -2.45. The predicted molar refractivity (Wildman–Crippen MR) is 307 cm³/mol. The van der Waals surface area contributed by atoms with Crippen LogP contribution < -0.4 is 10.2 Å². The minimum atomic E-state index is -4.60. The second kappa shape index (κ2) is 53.8. The molecule has 3 atom stereocenters. The summed E-state index contributed by atoms with van der Waals surface area (Å²) in [5, 5.41) is 13.9. The van der Waals surface area contributed by atoms with Crippen LogP contribution in [-0.2, 0) is 18.4 Å². The third-order valence-corrected chi connectivity index (χ3v) is 15.4. The molecule has 0 aromatic rings. The van der Waals surface area contributed by atoms with Crippen molar-refractivity contribution in [3.63, 3.8) is 0 Å². The number of quaternary nitrogens is 1. The minimum Gasteiger partial charge on any atom is -0.756 e. The van der Waals surface area contributed by atoms with Crippen LogP contribution in [0.2, 0.25) is 0 Å². The van der Waals surface area contributed by atoms with Gasteiger partial charge in [-0.1, -0.05) is 301 Å². The molecule has 0 rings (SSSR count). The summed E-state index contributed by atoms with van der Waals surface area (Å²) in [6, 6.07) is -0.900. The molecule has 2 N–H and O–H groups in total. The van der Waals surface area contributed by atoms with Gasteiger partial charge >= 0.3 is 0 Å². The van der Waals surface area contributed by atoms with E-state index in [9.17, 15) is 19.4 Å². The number of nitrogens with zero attached hydrogens (tertiary/aromatic N) is 1. The Morgan fingerprint density at radius 2 is 0.789 bits per heavy atom. The van der Waals surface area contributed by atoms with Gasteiger partial charge in [0.05, 0.1) is 39.9 Å². The number of hydrogen-bond acceptors (Lipinski definition) is 6. The van der Waals surface area contributed by atoms with Crippen molar-refractivity contribution in [2.24, 2.45) is 0 Å². The van der Waals surface area contributed by atoms with Crippen molar-refractivity contribution < 1.29 is 32.9 Å². The van der Waals surface area contributed by atoms with E-state index in [1.807, 2.05) is 27.2 Å². The Morgan fingerprint density at radius 1 is 0.479 bits per heavy atom. The number of nitrogens with one attached hydrogen (secondary N) is 1. The van der Waals surface area contributed by atoms with Gasteiger partial charge in [0, 0.05) is 6.42 Å². The Hall–Kier alpha value is -1.02. The quantitative estimate of drug-likeness (QED) is 0.0272. The van der Waals surface area contributed by atoms with Crippen LogP contribution in [0.5, 0.6) is 0 Å². The van der Waals surface area contributed by atoms with Crippen molar-refractivity contribution in [2.75, 3.05) is 40.9 Å². The highest BCUT2D eigenvalue weighted by molar-refractivity contribution is 7.45. The van der Waals surface area contributed by atoms with E-state index >= 15 is 0 Å². The van der Waals surface area contributed by atoms with Gasteiger partial charge in [0.1, 0.15) is 13.2 Å². The zero-order valence-electron chi connectivity index (χ0n) is 48.2. The standard InChI is InChI=1S/C62H123N2O6P/c1-6-8-10-12-14-16-18-20-22-24-25-26-27-28-29-30-31-32-33-34-35-36-37-38-39-40-42-44-46-48-50-52-54-56-62(66)63-60(59-70-71(67,68)69-58-57-64(3,4)5)61(65)55-53-51-49-47-45-43-41-23-21-19-17-15-13-11-9-7-2/h45,47,53,55,60-61,65H,6-44,46,48-52,54,56-59H2,1-5H3,(H-,63,66,67,68)/b47-45+,55-53+. The molecule has 0 aliphatic rings. The van der Waals surface area contributed by atoms with Crippen LogP contribution >= 0.6 is 7.82 Å². The van der Waals surface area contributed by atoms with Gasteiger partial charge in [0.15, 0.2) is 0 Å². The number of phosphoric acid groups is 1. The molecule has 3 unspecified atom stereocenters. The maximum atomic E-state index is 13.0. The summed E-state index contributed by atoms with van der Waals surface area (Å²) in [6.07, 6.45) is 68.6. The molecule has 71 heavy (non-hydrogen) atoms. The number of aliphatic hydroxyl groups excluding tert-OH is 1. The molecule has 0 aliphatic carbocycles. The van der Waals surface area contributed by atoms with E-state index in [1.165, 1.54) is 257 Å². The molecule has 0 heterocycles. The molecular weight excluding hydrogens is 900 g/mol. The average Bonchev–Trinajstić information content (AvgIpc) is 3.33. The van der Waals surface area contributed by atoms with E-state index in [4.69, 9.17) is 9.05 Å². The molecule has 0 fully saturated rings. The number of amides is 1. The molecule has 0 spiro atoms. The Morgan fingerprint density at radius 3 is 1.14 bits per heavy atom. The maximum Gasteiger partial charge on any atom is 0.268 e. The zero-order chi connectivity index (χ0) is 52.0. The third kappa shape index (κ3) is 56.5. The Bertz CT molecular complexity index is 1210. The van der Waals surface area contributed by atoms with Crippen LogP contribution in [0, 0.1) is 0 Å². The van der Waals surface area contributed by atoms with Crippen LogP contribution in [0.15, 0.2) is 24.3 Å². The molecule has 0 saturated carbocycles. The monoisotopic (exact) mass is 1020 g/mol. The molecule has 0 radical (unpaired) electrons. The topological polar surface area (TPSA) is 108 Å². The summed E-state index contributed by atoms with van der Waals surface area (Å²) in [5.41, 5.74) is 0. The number of allylic oxidation sites excluding steroid dienone is 3. The highest BCUT2D eigenvalue weighted by atomic mass is 31.2. The van der Waals surface area contributed by atoms with Crippen LogP contribution in [0.4, 0.5) is 0 Å². The second-order valence-electron chi connectivity index (χ2n) is 22.8. The fourth-order valence-electron chi connectivity index (χ4n) is 9.53. The van der Waals surface area contributed by atoms with Crippen molar-refractivity contribution >= 4 is 13.7 Å². The summed E-state index contributed by atoms with van der Waals surface area (Å²) in [5.74, 6) is -0.201. The Labute approximate surface area is 443 Å². The predicted octanol–water partition coefficient (Wildman–Crippen LogP) is 18.5. The molecule has 1 amide bonds. The fourth-order valence-corrected chi connectivity index (χ4v) is 10.2. The van der Waals surface area contributed by atoms with Crippen molar-refractivity contribution in [3.8, 4) is 0 Å². The molecule has 0 aliphatic heterocycles. The van der Waals surface area contributed by atoms with Crippen LogP contribution in [0.3, 0.4) is 0 Å². The first-order valence-electron chi connectivity index (χ1n) is 31.2. The Kier molecular flexibility index (Phi) is 53.0. The van der Waals surface area contributed by atoms with E-state index in [-0.39, 0.29) is 19.1 Å². The Balaban J connectivity index is 4.00. The van der Waals surface area contributed by atoms with Crippen molar-refractivity contribution in [2.45, 2.75) is 328 Å². The van der Waals surface area contributed by atoms with Crippen LogP contribution in [0.25, 0.3) is 0 Å². The summed E-state index contributed by atoms with van der Waals surface area (Å²) < 4.78 is 23.3. The number of phosphoric ester groups is 1.